The molecule has 0 bridgehead atoms. The third-order valence-electron chi connectivity index (χ3n) is 2.21. The fourth-order valence-electron chi connectivity index (χ4n) is 1.44. The van der Waals surface area contributed by atoms with E-state index in [1.54, 1.807) is 4.57 Å². The Balaban J connectivity index is 0.00000256. The minimum absolute atomic E-state index is 0. The second-order valence-corrected chi connectivity index (χ2v) is 5.95. The monoisotopic (exact) mass is 281 g/mol. The highest BCUT2D eigenvalue weighted by molar-refractivity contribution is 7.90. The zero-order chi connectivity index (χ0) is 12.2. The second kappa shape index (κ2) is 6.61. The summed E-state index contributed by atoms with van der Waals surface area (Å²) < 4.78 is 25.5. The van der Waals surface area contributed by atoms with E-state index in [4.69, 9.17) is 5.21 Å². The minimum atomic E-state index is -2.92. The molecule has 1 aromatic rings. The van der Waals surface area contributed by atoms with Gasteiger partial charge in [0.2, 0.25) is 0 Å². The third-order valence-corrected chi connectivity index (χ3v) is 3.24. The first-order valence-corrected chi connectivity index (χ1v) is 6.90. The van der Waals surface area contributed by atoms with Gasteiger partial charge in [-0.15, -0.1) is 0 Å². The van der Waals surface area contributed by atoms with Crippen LogP contribution in [-0.4, -0.2) is 36.4 Å². The number of rotatable bonds is 5. The van der Waals surface area contributed by atoms with E-state index in [0.29, 0.717) is 13.0 Å². The van der Waals surface area contributed by atoms with E-state index in [9.17, 15) is 8.42 Å². The Labute approximate surface area is 107 Å². The molecule has 0 spiro atoms. The Morgan fingerprint density at radius 2 is 2.24 bits per heavy atom. The molecule has 1 rings (SSSR count). The fraction of sp³-hybridized carbons (Fsp3) is 0.556. The van der Waals surface area contributed by atoms with Crippen LogP contribution in [0.3, 0.4) is 0 Å². The second-order valence-electron chi connectivity index (χ2n) is 3.69. The van der Waals surface area contributed by atoms with Crippen LogP contribution in [0.4, 0.5) is 0 Å². The summed E-state index contributed by atoms with van der Waals surface area (Å²) in [6.45, 7) is 0.579. The smallest absolute Gasteiger partial charge is 0.303 e. The van der Waals surface area contributed by atoms with E-state index >= 15 is 0 Å². The van der Waals surface area contributed by atoms with E-state index in [1.807, 2.05) is 24.0 Å². The van der Waals surface area contributed by atoms with Crippen LogP contribution in [0.2, 0.25) is 0 Å². The van der Waals surface area contributed by atoms with Crippen molar-refractivity contribution in [3.8, 4) is 0 Å². The first kappa shape index (κ1) is 15.9. The maximum absolute atomic E-state index is 11.0. The summed E-state index contributed by atoms with van der Waals surface area (Å²) in [7, 11) is -1.09. The summed E-state index contributed by atoms with van der Waals surface area (Å²) >= 11 is 0. The number of hydrogen-bond acceptors (Lipinski definition) is 4. The largest absolute Gasteiger partial charge is 1.00 e. The lowest BCUT2D eigenvalue weighted by atomic mass is 10.4. The Morgan fingerprint density at radius 3 is 2.76 bits per heavy atom. The quantitative estimate of drug-likeness (QED) is 0.264. The molecule has 0 unspecified atom stereocenters. The molecule has 0 fully saturated rings. The SMILES string of the molecule is C[n+]1ccn(CCCS(C)(=O)=O)c1/C=N/O.[Cl-]. The van der Waals surface area contributed by atoms with Crippen molar-refractivity contribution < 1.29 is 30.6 Å². The van der Waals surface area contributed by atoms with Crippen molar-refractivity contribution in [1.82, 2.24) is 4.57 Å². The molecule has 0 aliphatic carbocycles. The number of imidazole rings is 1. The van der Waals surface area contributed by atoms with Gasteiger partial charge in [0.25, 0.3) is 0 Å². The van der Waals surface area contributed by atoms with Gasteiger partial charge in [-0.05, 0) is 6.42 Å². The number of aryl methyl sites for hydroxylation is 2. The molecule has 0 aromatic carbocycles. The van der Waals surface area contributed by atoms with Crippen LogP contribution in [0.5, 0.6) is 0 Å². The highest BCUT2D eigenvalue weighted by atomic mass is 35.5. The van der Waals surface area contributed by atoms with Crippen molar-refractivity contribution >= 4 is 16.1 Å². The highest BCUT2D eigenvalue weighted by Gasteiger charge is 2.12. The summed E-state index contributed by atoms with van der Waals surface area (Å²) in [6.07, 6.45) is 6.72. The van der Waals surface area contributed by atoms with E-state index in [1.165, 1.54) is 12.5 Å². The highest BCUT2D eigenvalue weighted by Crippen LogP contribution is 1.97. The van der Waals surface area contributed by atoms with Crippen LogP contribution in [0.25, 0.3) is 0 Å². The maximum Gasteiger partial charge on any atom is 0.303 e. The van der Waals surface area contributed by atoms with Crippen molar-refractivity contribution in [2.24, 2.45) is 12.2 Å². The van der Waals surface area contributed by atoms with Gasteiger partial charge in [0.1, 0.15) is 22.2 Å². The van der Waals surface area contributed by atoms with Gasteiger partial charge >= 0.3 is 5.82 Å². The number of nitrogens with zero attached hydrogens (tertiary/aromatic N) is 3. The molecule has 0 radical (unpaired) electrons. The molecule has 0 aliphatic heterocycles. The van der Waals surface area contributed by atoms with Gasteiger partial charge in [-0.25, -0.2) is 17.6 Å². The average molecular weight is 282 g/mol. The van der Waals surface area contributed by atoms with Crippen LogP contribution in [0, 0.1) is 0 Å². The van der Waals surface area contributed by atoms with Gasteiger partial charge in [-0.1, -0.05) is 5.16 Å². The number of sulfone groups is 1. The first-order valence-electron chi connectivity index (χ1n) is 4.84. The Morgan fingerprint density at radius 1 is 1.59 bits per heavy atom. The van der Waals surface area contributed by atoms with E-state index in [2.05, 4.69) is 5.16 Å². The molecule has 8 heteroatoms. The van der Waals surface area contributed by atoms with E-state index < -0.39 is 9.84 Å². The maximum atomic E-state index is 11.0. The lowest BCUT2D eigenvalue weighted by Crippen LogP contribution is -3.00. The lowest BCUT2D eigenvalue weighted by Gasteiger charge is -1.98. The number of hydrogen-bond donors (Lipinski definition) is 1. The predicted octanol–water partition coefficient (Wildman–Crippen LogP) is -3.44. The zero-order valence-electron chi connectivity index (χ0n) is 9.74. The molecule has 17 heavy (non-hydrogen) atoms. The third kappa shape index (κ3) is 5.18. The van der Waals surface area contributed by atoms with Crippen molar-refractivity contribution in [3.05, 3.63) is 18.2 Å². The molecule has 6 nitrogen and oxygen atoms in total. The fourth-order valence-corrected chi connectivity index (χ4v) is 2.09. The van der Waals surface area contributed by atoms with Crippen LogP contribution in [-0.2, 0) is 23.4 Å². The molecule has 1 N–H and O–H groups in total. The number of oxime groups is 1. The number of aromatic nitrogens is 2. The molecule has 98 valence electrons. The molecule has 1 heterocycles. The van der Waals surface area contributed by atoms with Crippen molar-refractivity contribution in [3.63, 3.8) is 0 Å². The molecular weight excluding hydrogens is 266 g/mol. The molecule has 0 amide bonds. The topological polar surface area (TPSA) is 75.5 Å². The van der Waals surface area contributed by atoms with Gasteiger partial charge in [0, 0.05) is 6.26 Å². The summed E-state index contributed by atoms with van der Waals surface area (Å²) in [6, 6.07) is 0. The summed E-state index contributed by atoms with van der Waals surface area (Å²) in [5, 5.41) is 11.5. The van der Waals surface area contributed by atoms with Crippen molar-refractivity contribution in [1.29, 1.82) is 0 Å². The molecular formula is C9H16ClN3O3S. The van der Waals surface area contributed by atoms with Crippen molar-refractivity contribution in [2.75, 3.05) is 12.0 Å². The molecule has 0 atom stereocenters. The molecule has 0 saturated heterocycles. The summed E-state index contributed by atoms with van der Waals surface area (Å²) in [4.78, 5) is 0. The van der Waals surface area contributed by atoms with Crippen LogP contribution < -0.4 is 17.0 Å². The predicted molar refractivity (Wildman–Crippen MR) is 59.3 cm³/mol. The minimum Gasteiger partial charge on any atom is -1.00 e. The average Bonchev–Trinajstić information content (AvgIpc) is 2.48. The lowest BCUT2D eigenvalue weighted by molar-refractivity contribution is -0.671. The van der Waals surface area contributed by atoms with Gasteiger partial charge in [-0.2, -0.15) is 0 Å². The Kier molecular flexibility index (Phi) is 6.19. The molecule has 0 saturated carbocycles. The molecule has 0 aliphatic rings. The zero-order valence-corrected chi connectivity index (χ0v) is 11.3. The normalized spacial score (nSPS) is 11.6. The van der Waals surface area contributed by atoms with Crippen LogP contribution >= 0.6 is 0 Å². The summed E-state index contributed by atoms with van der Waals surface area (Å²) in [5.41, 5.74) is 0. The number of halogens is 1. The van der Waals surface area contributed by atoms with Gasteiger partial charge < -0.3 is 17.6 Å². The van der Waals surface area contributed by atoms with Gasteiger partial charge in [0.15, 0.2) is 6.21 Å². The summed E-state index contributed by atoms with van der Waals surface area (Å²) in [5.74, 6) is 0.876. The standard InChI is InChI=1S/C9H15N3O3S.ClH/c1-11-5-6-12(9(11)8-10-13)4-3-7-16(2,14)15;/h5-6,8H,3-4,7H2,1-2H3;1H. The Hall–Kier alpha value is -1.08. The van der Waals surface area contributed by atoms with Crippen LogP contribution in [0.15, 0.2) is 17.5 Å². The van der Waals surface area contributed by atoms with Gasteiger partial charge in [-0.3, -0.25) is 0 Å². The van der Waals surface area contributed by atoms with Crippen molar-refractivity contribution in [2.45, 2.75) is 13.0 Å². The van der Waals surface area contributed by atoms with Crippen LogP contribution in [0.1, 0.15) is 12.2 Å². The van der Waals surface area contributed by atoms with Gasteiger partial charge in [0.05, 0.1) is 19.3 Å². The first-order chi connectivity index (χ1) is 7.44. The van der Waals surface area contributed by atoms with E-state index in [-0.39, 0.29) is 18.2 Å². The molecule has 1 aromatic heterocycles. The van der Waals surface area contributed by atoms with E-state index in [0.717, 1.165) is 5.82 Å². The Bertz CT molecular complexity index is 482.